The third-order valence-corrected chi connectivity index (χ3v) is 5.03. The molecule has 4 aromatic rings. The van der Waals surface area contributed by atoms with Gasteiger partial charge in [0.15, 0.2) is 11.5 Å². The zero-order valence-corrected chi connectivity index (χ0v) is 15.8. The Morgan fingerprint density at radius 1 is 1.07 bits per heavy atom. The van der Waals surface area contributed by atoms with Crippen molar-refractivity contribution in [1.82, 2.24) is 34.9 Å². The number of aromatic nitrogens is 6. The van der Waals surface area contributed by atoms with Gasteiger partial charge in [-0.15, -0.1) is 15.3 Å². The Morgan fingerprint density at radius 3 is 2.79 bits per heavy atom. The lowest BCUT2D eigenvalue weighted by molar-refractivity contribution is 0.0949. The molecule has 1 aromatic carbocycles. The van der Waals surface area contributed by atoms with Crippen molar-refractivity contribution in [2.24, 2.45) is 0 Å². The molecule has 9 nitrogen and oxygen atoms in total. The van der Waals surface area contributed by atoms with E-state index >= 15 is 0 Å². The molecule has 1 saturated heterocycles. The molecule has 146 valence electrons. The van der Waals surface area contributed by atoms with Crippen LogP contribution in [0.2, 0.25) is 0 Å². The maximum absolute atomic E-state index is 12.6. The summed E-state index contributed by atoms with van der Waals surface area (Å²) in [6, 6.07) is 13.0. The molecule has 3 aromatic heterocycles. The molecule has 29 heavy (non-hydrogen) atoms. The molecule has 1 fully saturated rings. The molecule has 5 rings (SSSR count). The summed E-state index contributed by atoms with van der Waals surface area (Å²) < 4.78 is 3.42. The van der Waals surface area contributed by atoms with Crippen LogP contribution in [0.5, 0.6) is 0 Å². The molecule has 0 bridgehead atoms. The van der Waals surface area contributed by atoms with Gasteiger partial charge in [-0.2, -0.15) is 9.61 Å². The van der Waals surface area contributed by atoms with Crippen LogP contribution in [0.25, 0.3) is 11.3 Å². The van der Waals surface area contributed by atoms with Gasteiger partial charge in [0, 0.05) is 31.0 Å². The topological polar surface area (TPSA) is 93.2 Å². The number of nitrogens with zero attached hydrogens (tertiary/aromatic N) is 7. The first kappa shape index (κ1) is 17.4. The minimum atomic E-state index is -0.188. The van der Waals surface area contributed by atoms with E-state index in [1.807, 2.05) is 36.5 Å². The Hall–Kier alpha value is -3.75. The third-order valence-electron chi connectivity index (χ3n) is 5.03. The van der Waals surface area contributed by atoms with Gasteiger partial charge in [-0.3, -0.25) is 4.79 Å². The molecule has 0 radical (unpaired) electrons. The van der Waals surface area contributed by atoms with Crippen molar-refractivity contribution in [2.75, 3.05) is 18.0 Å². The molecule has 1 amide bonds. The van der Waals surface area contributed by atoms with E-state index < -0.39 is 0 Å². The van der Waals surface area contributed by atoms with Gasteiger partial charge < -0.3 is 10.2 Å². The summed E-state index contributed by atoms with van der Waals surface area (Å²) >= 11 is 0. The van der Waals surface area contributed by atoms with Gasteiger partial charge in [0.05, 0.1) is 12.2 Å². The van der Waals surface area contributed by atoms with Crippen molar-refractivity contribution < 1.29 is 4.79 Å². The van der Waals surface area contributed by atoms with E-state index in [9.17, 15) is 4.79 Å². The lowest BCUT2D eigenvalue weighted by atomic mass is 10.2. The standard InChI is InChI=1S/C20H20N8O/c29-20(15-5-3-6-16(13-15)27-12-4-9-22-27)21-14-19-24-23-17-7-8-18(25-28(17)19)26-10-1-2-11-26/h3-9,12-13H,1-2,10-11,14H2,(H,21,29). The second kappa shape index (κ2) is 7.34. The van der Waals surface area contributed by atoms with Crippen LogP contribution in [0.3, 0.4) is 0 Å². The third kappa shape index (κ3) is 3.42. The van der Waals surface area contributed by atoms with E-state index in [0.717, 1.165) is 24.6 Å². The van der Waals surface area contributed by atoms with Gasteiger partial charge in [0.2, 0.25) is 0 Å². The summed E-state index contributed by atoms with van der Waals surface area (Å²) in [4.78, 5) is 14.9. The molecule has 0 atom stereocenters. The quantitative estimate of drug-likeness (QED) is 0.561. The molecule has 4 heterocycles. The first-order valence-electron chi connectivity index (χ1n) is 9.62. The summed E-state index contributed by atoms with van der Waals surface area (Å²) in [5, 5.41) is 20.1. The van der Waals surface area contributed by atoms with E-state index in [2.05, 4.69) is 30.6 Å². The molecule has 1 aliphatic rings. The number of amides is 1. The highest BCUT2D eigenvalue weighted by atomic mass is 16.1. The van der Waals surface area contributed by atoms with E-state index in [1.54, 1.807) is 27.5 Å². The predicted octanol–water partition coefficient (Wildman–Crippen LogP) is 1.84. The van der Waals surface area contributed by atoms with Crippen LogP contribution < -0.4 is 10.2 Å². The fourth-order valence-corrected chi connectivity index (χ4v) is 3.52. The van der Waals surface area contributed by atoms with Crippen molar-refractivity contribution in [2.45, 2.75) is 19.4 Å². The van der Waals surface area contributed by atoms with E-state index in [0.29, 0.717) is 17.0 Å². The number of benzene rings is 1. The number of hydrogen-bond acceptors (Lipinski definition) is 6. The number of nitrogens with one attached hydrogen (secondary N) is 1. The van der Waals surface area contributed by atoms with E-state index in [1.165, 1.54) is 12.8 Å². The molecule has 0 spiro atoms. The Balaban J connectivity index is 1.33. The molecule has 1 aliphatic heterocycles. The van der Waals surface area contributed by atoms with Gasteiger partial charge in [-0.25, -0.2) is 4.68 Å². The van der Waals surface area contributed by atoms with Crippen LogP contribution >= 0.6 is 0 Å². The SMILES string of the molecule is O=C(NCc1nnc2ccc(N3CCCC3)nn12)c1cccc(-n2cccn2)c1. The highest BCUT2D eigenvalue weighted by molar-refractivity contribution is 5.94. The number of fused-ring (bicyclic) bond motifs is 1. The van der Waals surface area contributed by atoms with Crippen LogP contribution in [0.1, 0.15) is 29.0 Å². The highest BCUT2D eigenvalue weighted by Gasteiger charge is 2.16. The maximum Gasteiger partial charge on any atom is 0.251 e. The van der Waals surface area contributed by atoms with Crippen LogP contribution in [0.15, 0.2) is 54.9 Å². The van der Waals surface area contributed by atoms with E-state index in [4.69, 9.17) is 0 Å². The number of carbonyl (C=O) groups is 1. The molecule has 0 saturated carbocycles. The smallest absolute Gasteiger partial charge is 0.251 e. The van der Waals surface area contributed by atoms with Gasteiger partial charge >= 0.3 is 0 Å². The number of carbonyl (C=O) groups excluding carboxylic acids is 1. The Bertz CT molecular complexity index is 1140. The van der Waals surface area contributed by atoms with Gasteiger partial charge in [0.1, 0.15) is 5.82 Å². The summed E-state index contributed by atoms with van der Waals surface area (Å²) in [6.07, 6.45) is 5.90. The first-order chi connectivity index (χ1) is 14.3. The minimum Gasteiger partial charge on any atom is -0.355 e. The molecular weight excluding hydrogens is 368 g/mol. The average molecular weight is 388 g/mol. The summed E-state index contributed by atoms with van der Waals surface area (Å²) in [6.45, 7) is 2.26. The average Bonchev–Trinajstić information content (AvgIpc) is 3.53. The number of rotatable bonds is 5. The lowest BCUT2D eigenvalue weighted by Gasteiger charge is -2.15. The molecule has 0 aliphatic carbocycles. The van der Waals surface area contributed by atoms with Gasteiger partial charge in [-0.1, -0.05) is 6.07 Å². The second-order valence-corrected chi connectivity index (χ2v) is 6.96. The fraction of sp³-hybridized carbons (Fsp3) is 0.250. The summed E-state index contributed by atoms with van der Waals surface area (Å²) in [5.74, 6) is 1.32. The van der Waals surface area contributed by atoms with Gasteiger partial charge in [-0.05, 0) is 49.2 Å². The lowest BCUT2D eigenvalue weighted by Crippen LogP contribution is -2.25. The van der Waals surface area contributed by atoms with Crippen molar-refractivity contribution >= 4 is 17.4 Å². The largest absolute Gasteiger partial charge is 0.355 e. The number of hydrogen-bond donors (Lipinski definition) is 1. The predicted molar refractivity (Wildman–Crippen MR) is 107 cm³/mol. The van der Waals surface area contributed by atoms with Crippen LogP contribution in [0, 0.1) is 0 Å². The second-order valence-electron chi connectivity index (χ2n) is 6.96. The fourth-order valence-electron chi connectivity index (χ4n) is 3.52. The molecule has 9 heteroatoms. The first-order valence-corrected chi connectivity index (χ1v) is 9.62. The highest BCUT2D eigenvalue weighted by Crippen LogP contribution is 2.18. The van der Waals surface area contributed by atoms with E-state index in [-0.39, 0.29) is 12.5 Å². The van der Waals surface area contributed by atoms with Crippen LogP contribution in [-0.4, -0.2) is 48.6 Å². The van der Waals surface area contributed by atoms with Crippen molar-refractivity contribution in [3.8, 4) is 5.69 Å². The van der Waals surface area contributed by atoms with Crippen molar-refractivity contribution in [3.63, 3.8) is 0 Å². The Labute approximate surface area is 167 Å². The van der Waals surface area contributed by atoms with Crippen molar-refractivity contribution in [3.05, 3.63) is 66.2 Å². The monoisotopic (exact) mass is 388 g/mol. The van der Waals surface area contributed by atoms with Crippen LogP contribution in [-0.2, 0) is 6.54 Å². The maximum atomic E-state index is 12.6. The zero-order valence-electron chi connectivity index (χ0n) is 15.8. The summed E-state index contributed by atoms with van der Waals surface area (Å²) in [7, 11) is 0. The molecular formula is C20H20N8O. The zero-order chi connectivity index (χ0) is 19.6. The summed E-state index contributed by atoms with van der Waals surface area (Å²) in [5.41, 5.74) is 2.04. The Kier molecular flexibility index (Phi) is 4.39. The minimum absolute atomic E-state index is 0.188. The molecule has 0 unspecified atom stereocenters. The molecule has 1 N–H and O–H groups in total. The normalized spacial score (nSPS) is 13.9. The van der Waals surface area contributed by atoms with Crippen molar-refractivity contribution in [1.29, 1.82) is 0 Å². The Morgan fingerprint density at radius 2 is 1.97 bits per heavy atom. The van der Waals surface area contributed by atoms with Crippen LogP contribution in [0.4, 0.5) is 5.82 Å². The number of anilines is 1. The van der Waals surface area contributed by atoms with Gasteiger partial charge in [0.25, 0.3) is 5.91 Å².